The number of amides is 1. The summed E-state index contributed by atoms with van der Waals surface area (Å²) in [4.78, 5) is 12.4. The van der Waals surface area contributed by atoms with E-state index in [1.807, 2.05) is 0 Å². The van der Waals surface area contributed by atoms with Crippen molar-refractivity contribution in [3.05, 3.63) is 0 Å². The second-order valence-electron chi connectivity index (χ2n) is 6.16. The number of nitrogens with zero attached hydrogens (tertiary/aromatic N) is 1. The van der Waals surface area contributed by atoms with Crippen molar-refractivity contribution in [1.29, 1.82) is 5.26 Å². The standard InChI is InChI=1S/C15H24N2O/c1-12(10-13-6-7-13)17-14(18)15(11-16)8-4-2-3-5-9-15/h12-13H,2-10H2,1H3,(H,17,18). The monoisotopic (exact) mass is 248 g/mol. The molecule has 0 radical (unpaired) electrons. The Morgan fingerprint density at radius 3 is 2.44 bits per heavy atom. The smallest absolute Gasteiger partial charge is 0.240 e. The topological polar surface area (TPSA) is 52.9 Å². The summed E-state index contributed by atoms with van der Waals surface area (Å²) < 4.78 is 0. The Bertz CT molecular complexity index is 333. The number of hydrogen-bond acceptors (Lipinski definition) is 2. The molecule has 0 aliphatic heterocycles. The minimum atomic E-state index is -0.742. The van der Waals surface area contributed by atoms with Crippen LogP contribution < -0.4 is 5.32 Å². The molecule has 3 nitrogen and oxygen atoms in total. The molecule has 100 valence electrons. The minimum absolute atomic E-state index is 0.0138. The normalized spacial score (nSPS) is 24.7. The van der Waals surface area contributed by atoms with Gasteiger partial charge in [0, 0.05) is 6.04 Å². The first-order chi connectivity index (χ1) is 8.66. The highest BCUT2D eigenvalue weighted by molar-refractivity contribution is 5.85. The highest BCUT2D eigenvalue weighted by Crippen LogP contribution is 2.36. The van der Waals surface area contributed by atoms with Crippen LogP contribution in [0.5, 0.6) is 0 Å². The van der Waals surface area contributed by atoms with Crippen molar-refractivity contribution in [1.82, 2.24) is 5.32 Å². The van der Waals surface area contributed by atoms with Crippen LogP contribution in [0.4, 0.5) is 0 Å². The van der Waals surface area contributed by atoms with Crippen molar-refractivity contribution in [2.75, 3.05) is 0 Å². The molecule has 2 rings (SSSR count). The Labute approximate surface area is 110 Å². The minimum Gasteiger partial charge on any atom is -0.352 e. The lowest BCUT2D eigenvalue weighted by molar-refractivity contribution is -0.129. The lowest BCUT2D eigenvalue weighted by atomic mass is 9.80. The number of rotatable bonds is 4. The molecule has 0 heterocycles. The van der Waals surface area contributed by atoms with Gasteiger partial charge in [-0.2, -0.15) is 5.26 Å². The first kappa shape index (κ1) is 13.4. The van der Waals surface area contributed by atoms with Crippen LogP contribution in [-0.2, 0) is 4.79 Å². The molecule has 0 aromatic heterocycles. The van der Waals surface area contributed by atoms with Gasteiger partial charge in [-0.3, -0.25) is 4.79 Å². The predicted molar refractivity (Wildman–Crippen MR) is 70.7 cm³/mol. The fourth-order valence-corrected chi connectivity index (χ4v) is 3.00. The fourth-order valence-electron chi connectivity index (χ4n) is 3.00. The summed E-state index contributed by atoms with van der Waals surface area (Å²) in [5, 5.41) is 12.5. The lowest BCUT2D eigenvalue weighted by Crippen LogP contribution is -2.44. The molecule has 1 atom stereocenters. The summed E-state index contributed by atoms with van der Waals surface area (Å²) in [7, 11) is 0. The third-order valence-corrected chi connectivity index (χ3v) is 4.37. The van der Waals surface area contributed by atoms with Crippen molar-refractivity contribution >= 4 is 5.91 Å². The van der Waals surface area contributed by atoms with E-state index >= 15 is 0 Å². The van der Waals surface area contributed by atoms with Crippen molar-refractivity contribution in [2.45, 2.75) is 70.8 Å². The summed E-state index contributed by atoms with van der Waals surface area (Å²) in [5.74, 6) is 0.799. The van der Waals surface area contributed by atoms with Gasteiger partial charge in [-0.25, -0.2) is 0 Å². The maximum absolute atomic E-state index is 12.4. The van der Waals surface area contributed by atoms with Crippen LogP contribution in [0.1, 0.15) is 64.7 Å². The van der Waals surface area contributed by atoms with Crippen LogP contribution in [0.15, 0.2) is 0 Å². The van der Waals surface area contributed by atoms with Crippen molar-refractivity contribution in [3.8, 4) is 6.07 Å². The molecule has 2 aliphatic rings. The average Bonchev–Trinajstić information content (AvgIpc) is 3.14. The van der Waals surface area contributed by atoms with Gasteiger partial charge in [0.25, 0.3) is 0 Å². The first-order valence-corrected chi connectivity index (χ1v) is 7.38. The fraction of sp³-hybridized carbons (Fsp3) is 0.867. The van der Waals surface area contributed by atoms with E-state index in [-0.39, 0.29) is 11.9 Å². The molecular formula is C15H24N2O. The second-order valence-corrected chi connectivity index (χ2v) is 6.16. The van der Waals surface area contributed by atoms with Crippen LogP contribution in [0.2, 0.25) is 0 Å². The number of carbonyl (C=O) groups excluding carboxylic acids is 1. The third kappa shape index (κ3) is 3.25. The van der Waals surface area contributed by atoms with Gasteiger partial charge in [0.05, 0.1) is 6.07 Å². The first-order valence-electron chi connectivity index (χ1n) is 7.38. The predicted octanol–water partition coefficient (Wildman–Crippen LogP) is 3.16. The van der Waals surface area contributed by atoms with Crippen molar-refractivity contribution in [2.24, 2.45) is 11.3 Å². The Balaban J connectivity index is 1.92. The van der Waals surface area contributed by atoms with E-state index in [4.69, 9.17) is 0 Å². The van der Waals surface area contributed by atoms with Gasteiger partial charge in [0.2, 0.25) is 5.91 Å². The molecule has 3 heteroatoms. The molecule has 2 aliphatic carbocycles. The maximum Gasteiger partial charge on any atom is 0.240 e. The van der Waals surface area contributed by atoms with Gasteiger partial charge in [-0.05, 0) is 32.1 Å². The van der Waals surface area contributed by atoms with Crippen LogP contribution >= 0.6 is 0 Å². The summed E-state index contributed by atoms with van der Waals surface area (Å²) in [5.41, 5.74) is -0.742. The molecule has 0 aromatic carbocycles. The van der Waals surface area contributed by atoms with Crippen LogP contribution in [0.25, 0.3) is 0 Å². The number of nitriles is 1. The molecule has 1 amide bonds. The van der Waals surface area contributed by atoms with E-state index in [9.17, 15) is 10.1 Å². The molecule has 0 aromatic rings. The zero-order valence-corrected chi connectivity index (χ0v) is 11.4. The van der Waals surface area contributed by atoms with Gasteiger partial charge in [-0.15, -0.1) is 0 Å². The van der Waals surface area contributed by atoms with Crippen molar-refractivity contribution in [3.63, 3.8) is 0 Å². The number of nitrogens with one attached hydrogen (secondary N) is 1. The van der Waals surface area contributed by atoms with Gasteiger partial charge in [0.1, 0.15) is 5.41 Å². The molecular weight excluding hydrogens is 224 g/mol. The Morgan fingerprint density at radius 2 is 1.94 bits per heavy atom. The largest absolute Gasteiger partial charge is 0.352 e. The van der Waals surface area contributed by atoms with E-state index in [1.165, 1.54) is 12.8 Å². The Morgan fingerprint density at radius 1 is 1.33 bits per heavy atom. The Hall–Kier alpha value is -1.04. The van der Waals surface area contributed by atoms with E-state index in [1.54, 1.807) is 0 Å². The maximum atomic E-state index is 12.4. The Kier molecular flexibility index (Phi) is 4.27. The highest BCUT2D eigenvalue weighted by atomic mass is 16.2. The second kappa shape index (κ2) is 5.73. The molecule has 0 bridgehead atoms. The molecule has 0 spiro atoms. The van der Waals surface area contributed by atoms with E-state index in [0.29, 0.717) is 0 Å². The number of hydrogen-bond donors (Lipinski definition) is 1. The molecule has 1 N–H and O–H groups in total. The van der Waals surface area contributed by atoms with Crippen molar-refractivity contribution < 1.29 is 4.79 Å². The SMILES string of the molecule is CC(CC1CC1)NC(=O)C1(C#N)CCCCCC1. The summed E-state index contributed by atoms with van der Waals surface area (Å²) in [6.45, 7) is 2.07. The van der Waals surface area contributed by atoms with Gasteiger partial charge in [0.15, 0.2) is 0 Å². The van der Waals surface area contributed by atoms with Gasteiger partial charge in [-0.1, -0.05) is 38.5 Å². The average molecular weight is 248 g/mol. The van der Waals surface area contributed by atoms with Crippen LogP contribution in [0.3, 0.4) is 0 Å². The molecule has 0 saturated heterocycles. The van der Waals surface area contributed by atoms with Crippen LogP contribution in [-0.4, -0.2) is 11.9 Å². The van der Waals surface area contributed by atoms with Gasteiger partial charge < -0.3 is 5.32 Å². The molecule has 2 saturated carbocycles. The van der Waals surface area contributed by atoms with E-state index in [0.717, 1.165) is 50.9 Å². The zero-order chi connectivity index (χ0) is 13.0. The third-order valence-electron chi connectivity index (χ3n) is 4.37. The summed E-state index contributed by atoms with van der Waals surface area (Å²) >= 11 is 0. The molecule has 1 unspecified atom stereocenters. The van der Waals surface area contributed by atoms with E-state index < -0.39 is 5.41 Å². The zero-order valence-electron chi connectivity index (χ0n) is 11.4. The molecule has 18 heavy (non-hydrogen) atoms. The summed E-state index contributed by atoms with van der Waals surface area (Å²) in [6, 6.07) is 2.54. The lowest BCUT2D eigenvalue weighted by Gasteiger charge is -2.26. The van der Waals surface area contributed by atoms with E-state index in [2.05, 4.69) is 18.3 Å². The van der Waals surface area contributed by atoms with Crippen LogP contribution in [0, 0.1) is 22.7 Å². The van der Waals surface area contributed by atoms with Gasteiger partial charge >= 0.3 is 0 Å². The summed E-state index contributed by atoms with van der Waals surface area (Å²) in [6.07, 6.45) is 9.52. The highest BCUT2D eigenvalue weighted by Gasteiger charge is 2.39. The number of carbonyl (C=O) groups is 1. The quantitative estimate of drug-likeness (QED) is 0.777. The molecule has 2 fully saturated rings.